The molecule has 1 aliphatic rings. The number of nitrogens with one attached hydrogen (secondary N) is 1. The second-order valence-corrected chi connectivity index (χ2v) is 5.30. The summed E-state index contributed by atoms with van der Waals surface area (Å²) in [4.78, 5) is 9.54. The molecule has 1 atom stereocenters. The first-order valence-corrected chi connectivity index (χ1v) is 7.38. The van der Waals surface area contributed by atoms with Crippen LogP contribution in [0.2, 0.25) is 0 Å². The van der Waals surface area contributed by atoms with Crippen LogP contribution in [0.1, 0.15) is 56.1 Å². The second kappa shape index (κ2) is 6.85. The van der Waals surface area contributed by atoms with Crippen molar-refractivity contribution in [1.82, 2.24) is 9.97 Å². The number of methoxy groups -OCH3 is 1. The molecular weight excluding hydrogens is 238 g/mol. The summed E-state index contributed by atoms with van der Waals surface area (Å²) in [6, 6.07) is 0. The quantitative estimate of drug-likeness (QED) is 0.830. The molecule has 4 nitrogen and oxygen atoms in total. The lowest BCUT2D eigenvalue weighted by molar-refractivity contribution is 0.181. The van der Waals surface area contributed by atoms with Crippen molar-refractivity contribution in [2.75, 3.05) is 25.6 Å². The van der Waals surface area contributed by atoms with Crippen LogP contribution in [0.25, 0.3) is 0 Å². The first-order chi connectivity index (χ1) is 9.26. The minimum Gasteiger partial charge on any atom is -0.384 e. The largest absolute Gasteiger partial charge is 0.384 e. The highest BCUT2D eigenvalue weighted by molar-refractivity contribution is 5.47. The fraction of sp³-hybridized carbons (Fsp3) is 0.733. The fourth-order valence-corrected chi connectivity index (χ4v) is 2.65. The lowest BCUT2D eigenvalue weighted by atomic mass is 10.1. The molecule has 0 radical (unpaired) electrons. The first kappa shape index (κ1) is 14.3. The van der Waals surface area contributed by atoms with E-state index in [1.807, 2.05) is 0 Å². The molecule has 0 saturated heterocycles. The monoisotopic (exact) mass is 263 g/mol. The van der Waals surface area contributed by atoms with E-state index in [1.165, 1.54) is 30.5 Å². The average molecular weight is 263 g/mol. The number of ether oxygens (including phenoxy) is 1. The Hall–Kier alpha value is -1.16. The maximum absolute atomic E-state index is 5.23. The summed E-state index contributed by atoms with van der Waals surface area (Å²) in [5.74, 6) is 2.21. The van der Waals surface area contributed by atoms with Gasteiger partial charge in [-0.25, -0.2) is 9.97 Å². The molecule has 1 heterocycles. The summed E-state index contributed by atoms with van der Waals surface area (Å²) < 4.78 is 5.23. The van der Waals surface area contributed by atoms with Gasteiger partial charge < -0.3 is 10.1 Å². The lowest BCUT2D eigenvalue weighted by Crippen LogP contribution is -2.14. The summed E-state index contributed by atoms with van der Waals surface area (Å²) >= 11 is 0. The first-order valence-electron chi connectivity index (χ1n) is 7.38. The highest BCUT2D eigenvalue weighted by Crippen LogP contribution is 2.26. The third kappa shape index (κ3) is 3.44. The highest BCUT2D eigenvalue weighted by atomic mass is 16.5. The molecule has 4 heteroatoms. The van der Waals surface area contributed by atoms with Crippen molar-refractivity contribution in [3.63, 3.8) is 0 Å². The van der Waals surface area contributed by atoms with Gasteiger partial charge >= 0.3 is 0 Å². The van der Waals surface area contributed by atoms with Crippen LogP contribution >= 0.6 is 0 Å². The number of aromatic nitrogens is 2. The summed E-state index contributed by atoms with van der Waals surface area (Å²) in [6.07, 6.45) is 5.99. The molecule has 1 unspecified atom stereocenters. The van der Waals surface area contributed by atoms with E-state index in [0.717, 1.165) is 31.0 Å². The SMILES string of the molecule is CCNc1nc(C(C)COC)nc2c1CCCCC2. The van der Waals surface area contributed by atoms with Crippen molar-refractivity contribution in [3.8, 4) is 0 Å². The number of hydrogen-bond acceptors (Lipinski definition) is 4. The number of nitrogens with zero attached hydrogens (tertiary/aromatic N) is 2. The summed E-state index contributed by atoms with van der Waals surface area (Å²) in [5, 5.41) is 3.41. The molecule has 106 valence electrons. The molecule has 19 heavy (non-hydrogen) atoms. The van der Waals surface area contributed by atoms with Gasteiger partial charge in [-0.05, 0) is 32.6 Å². The van der Waals surface area contributed by atoms with E-state index in [0.29, 0.717) is 6.61 Å². The van der Waals surface area contributed by atoms with Gasteiger partial charge in [-0.1, -0.05) is 13.3 Å². The van der Waals surface area contributed by atoms with Crippen LogP contribution in [0.5, 0.6) is 0 Å². The zero-order chi connectivity index (χ0) is 13.7. The highest BCUT2D eigenvalue weighted by Gasteiger charge is 2.18. The van der Waals surface area contributed by atoms with E-state index in [2.05, 4.69) is 19.2 Å². The van der Waals surface area contributed by atoms with E-state index in [9.17, 15) is 0 Å². The molecular formula is C15H25N3O. The topological polar surface area (TPSA) is 47.0 Å². The van der Waals surface area contributed by atoms with Gasteiger partial charge in [-0.3, -0.25) is 0 Å². The summed E-state index contributed by atoms with van der Waals surface area (Å²) in [5.41, 5.74) is 2.59. The molecule has 0 saturated carbocycles. The Labute approximate surface area is 116 Å². The van der Waals surface area contributed by atoms with Gasteiger partial charge in [0.15, 0.2) is 0 Å². The van der Waals surface area contributed by atoms with Crippen molar-refractivity contribution in [2.45, 2.75) is 51.9 Å². The molecule has 0 aliphatic heterocycles. The van der Waals surface area contributed by atoms with E-state index in [4.69, 9.17) is 14.7 Å². The maximum Gasteiger partial charge on any atom is 0.136 e. The van der Waals surface area contributed by atoms with Gasteiger partial charge in [0.25, 0.3) is 0 Å². The minimum absolute atomic E-state index is 0.246. The Bertz CT molecular complexity index is 420. The predicted octanol–water partition coefficient (Wildman–Crippen LogP) is 2.93. The van der Waals surface area contributed by atoms with Crippen LogP contribution < -0.4 is 5.32 Å². The van der Waals surface area contributed by atoms with Crippen LogP contribution in [-0.2, 0) is 17.6 Å². The van der Waals surface area contributed by atoms with Crippen LogP contribution in [0.4, 0.5) is 5.82 Å². The van der Waals surface area contributed by atoms with Crippen LogP contribution in [0.15, 0.2) is 0 Å². The molecule has 1 N–H and O–H groups in total. The van der Waals surface area contributed by atoms with Crippen molar-refractivity contribution >= 4 is 5.82 Å². The van der Waals surface area contributed by atoms with Crippen LogP contribution in [0, 0.1) is 0 Å². The summed E-state index contributed by atoms with van der Waals surface area (Å²) in [6.45, 7) is 5.81. The zero-order valence-electron chi connectivity index (χ0n) is 12.3. The molecule has 0 aromatic carbocycles. The smallest absolute Gasteiger partial charge is 0.136 e. The predicted molar refractivity (Wildman–Crippen MR) is 77.7 cm³/mol. The van der Waals surface area contributed by atoms with Crippen molar-refractivity contribution < 1.29 is 4.74 Å². The molecule has 0 spiro atoms. The Balaban J connectivity index is 2.36. The number of fused-ring (bicyclic) bond motifs is 1. The number of rotatable bonds is 5. The van der Waals surface area contributed by atoms with Gasteiger partial charge in [0.05, 0.1) is 6.61 Å². The summed E-state index contributed by atoms with van der Waals surface area (Å²) in [7, 11) is 1.73. The number of aryl methyl sites for hydroxylation is 1. The average Bonchev–Trinajstić information content (AvgIpc) is 2.64. The van der Waals surface area contributed by atoms with Gasteiger partial charge in [-0.2, -0.15) is 0 Å². The number of hydrogen-bond donors (Lipinski definition) is 1. The van der Waals surface area contributed by atoms with Gasteiger partial charge in [0.1, 0.15) is 11.6 Å². The maximum atomic E-state index is 5.23. The second-order valence-electron chi connectivity index (χ2n) is 5.30. The zero-order valence-corrected chi connectivity index (χ0v) is 12.3. The Morgan fingerprint density at radius 3 is 2.74 bits per heavy atom. The van der Waals surface area contributed by atoms with Crippen LogP contribution in [-0.4, -0.2) is 30.2 Å². The molecule has 0 amide bonds. The lowest BCUT2D eigenvalue weighted by Gasteiger charge is -2.16. The Morgan fingerprint density at radius 1 is 1.21 bits per heavy atom. The minimum atomic E-state index is 0.246. The molecule has 0 fully saturated rings. The fourth-order valence-electron chi connectivity index (χ4n) is 2.65. The van der Waals surface area contributed by atoms with Crippen molar-refractivity contribution in [2.24, 2.45) is 0 Å². The van der Waals surface area contributed by atoms with Gasteiger partial charge in [0.2, 0.25) is 0 Å². The molecule has 1 aromatic heterocycles. The van der Waals surface area contributed by atoms with E-state index in [-0.39, 0.29) is 5.92 Å². The van der Waals surface area contributed by atoms with Crippen molar-refractivity contribution in [3.05, 3.63) is 17.1 Å². The molecule has 0 bridgehead atoms. The Kier molecular flexibility index (Phi) is 5.14. The van der Waals surface area contributed by atoms with E-state index >= 15 is 0 Å². The third-order valence-corrected chi connectivity index (χ3v) is 3.65. The molecule has 2 rings (SSSR count). The standard InChI is InChI=1S/C15H25N3O/c1-4-16-15-12-8-6-5-7-9-13(12)17-14(18-15)11(2)10-19-3/h11H,4-10H2,1-3H3,(H,16,17,18). The molecule has 1 aromatic rings. The van der Waals surface area contributed by atoms with Crippen LogP contribution in [0.3, 0.4) is 0 Å². The number of anilines is 1. The van der Waals surface area contributed by atoms with E-state index < -0.39 is 0 Å². The normalized spacial score (nSPS) is 16.6. The Morgan fingerprint density at radius 2 is 2.00 bits per heavy atom. The molecule has 1 aliphatic carbocycles. The third-order valence-electron chi connectivity index (χ3n) is 3.65. The van der Waals surface area contributed by atoms with E-state index in [1.54, 1.807) is 7.11 Å². The van der Waals surface area contributed by atoms with Crippen molar-refractivity contribution in [1.29, 1.82) is 0 Å². The van der Waals surface area contributed by atoms with Gasteiger partial charge in [-0.15, -0.1) is 0 Å². The van der Waals surface area contributed by atoms with Gasteiger partial charge in [0, 0.05) is 30.8 Å².